The van der Waals surface area contributed by atoms with Gasteiger partial charge in [0.2, 0.25) is 11.8 Å². The molecule has 0 radical (unpaired) electrons. The normalized spacial score (nSPS) is 33.8. The van der Waals surface area contributed by atoms with Gasteiger partial charge < -0.3 is 39.6 Å². The summed E-state index contributed by atoms with van der Waals surface area (Å²) in [6.07, 6.45) is 10.5. The van der Waals surface area contributed by atoms with Crippen LogP contribution in [0.4, 0.5) is 0 Å². The second-order valence-electron chi connectivity index (χ2n) is 15.2. The zero-order valence-corrected chi connectivity index (χ0v) is 32.1. The molecule has 2 amide bonds. The monoisotopic (exact) mass is 754 g/mol. The van der Waals surface area contributed by atoms with Gasteiger partial charge in [-0.1, -0.05) is 12.8 Å². The van der Waals surface area contributed by atoms with Crippen LogP contribution in [0, 0.1) is 17.8 Å². The number of aliphatic imine (C=N–C) groups is 1. The smallest absolute Gasteiger partial charge is 0.427 e. The Kier molecular flexibility index (Phi) is 17.4. The predicted octanol–water partition coefficient (Wildman–Crippen LogP) is 1.97. The summed E-state index contributed by atoms with van der Waals surface area (Å²) in [5.74, 6) is 0.259. The highest BCUT2D eigenvalue weighted by atomic mass is 35.5. The van der Waals surface area contributed by atoms with E-state index >= 15 is 0 Å². The van der Waals surface area contributed by atoms with Crippen molar-refractivity contribution in [1.29, 1.82) is 0 Å². The number of fused-ring (bicyclic) bond motifs is 3. The molecule has 296 valence electrons. The van der Waals surface area contributed by atoms with Crippen LogP contribution in [0.1, 0.15) is 90.9 Å². The lowest BCUT2D eigenvalue weighted by atomic mass is 9.62. The summed E-state index contributed by atoms with van der Waals surface area (Å²) in [7, 11) is -1.35. The third-order valence-electron chi connectivity index (χ3n) is 11.6. The number of nitrogens with zero attached hydrogens (tertiary/aromatic N) is 2. The van der Waals surface area contributed by atoms with Crippen LogP contribution in [-0.4, -0.2) is 135 Å². The minimum absolute atomic E-state index is 0.0375. The highest BCUT2D eigenvalue weighted by molar-refractivity contribution is 6.43. The van der Waals surface area contributed by atoms with E-state index < -0.39 is 7.12 Å². The molecule has 0 aromatic rings. The number of hydrogen-bond donors (Lipinski definition) is 6. The van der Waals surface area contributed by atoms with E-state index in [1.54, 1.807) is 0 Å². The van der Waals surface area contributed by atoms with Gasteiger partial charge >= 0.3 is 7.12 Å². The third-order valence-corrected chi connectivity index (χ3v) is 12.1. The summed E-state index contributed by atoms with van der Waals surface area (Å²) >= 11 is 6.54. The molecule has 8 atom stereocenters. The quantitative estimate of drug-likeness (QED) is 0.0647. The first-order chi connectivity index (χ1) is 25.2. The predicted molar refractivity (Wildman–Crippen MR) is 200 cm³/mol. The average Bonchev–Trinajstić information content (AvgIpc) is 3.46. The van der Waals surface area contributed by atoms with Crippen LogP contribution in [0.3, 0.4) is 0 Å². The molecule has 0 aromatic carbocycles. The second-order valence-corrected chi connectivity index (χ2v) is 15.8. The number of alkyl halides is 1. The van der Waals surface area contributed by atoms with Gasteiger partial charge in [-0.25, -0.2) is 10.9 Å². The molecule has 3 saturated carbocycles. The average molecular weight is 755 g/mol. The van der Waals surface area contributed by atoms with Gasteiger partial charge in [0.15, 0.2) is 0 Å². The van der Waals surface area contributed by atoms with Crippen molar-refractivity contribution < 1.29 is 38.6 Å². The van der Waals surface area contributed by atoms with Crippen LogP contribution in [0.25, 0.3) is 0 Å². The summed E-state index contributed by atoms with van der Waals surface area (Å²) in [5, 5.41) is 25.0. The van der Waals surface area contributed by atoms with Crippen molar-refractivity contribution >= 4 is 36.2 Å². The number of carbonyl (C=O) groups excluding carboxylic acids is 2. The fourth-order valence-corrected chi connectivity index (χ4v) is 9.25. The lowest BCUT2D eigenvalue weighted by Gasteiger charge is -2.44. The number of hydrazine groups is 1. The molecule has 0 spiro atoms. The van der Waals surface area contributed by atoms with Crippen molar-refractivity contribution in [3.63, 3.8) is 0 Å². The van der Waals surface area contributed by atoms with E-state index in [0.29, 0.717) is 84.1 Å². The Balaban J connectivity index is 0.986. The first-order valence-corrected chi connectivity index (χ1v) is 20.4. The van der Waals surface area contributed by atoms with Gasteiger partial charge in [0, 0.05) is 42.1 Å². The second kappa shape index (κ2) is 21.6. The fraction of sp³-hybridized carbons (Fsp3) is 0.917. The molecule has 3 aliphatic carbocycles. The van der Waals surface area contributed by atoms with Crippen molar-refractivity contribution in [3.8, 4) is 0 Å². The van der Waals surface area contributed by atoms with Gasteiger partial charge in [0.05, 0.1) is 77.1 Å². The minimum atomic E-state index is -1.35. The molecule has 7 unspecified atom stereocenters. The van der Waals surface area contributed by atoms with Crippen molar-refractivity contribution in [1.82, 2.24) is 26.4 Å². The molecule has 2 heterocycles. The molecular formula is C36H64BClN6O8. The molecule has 16 heteroatoms. The van der Waals surface area contributed by atoms with Crippen LogP contribution < -0.4 is 21.5 Å². The largest absolute Gasteiger partial charge is 0.454 e. The Morgan fingerprint density at radius 2 is 1.62 bits per heavy atom. The van der Waals surface area contributed by atoms with Crippen molar-refractivity contribution in [2.45, 2.75) is 133 Å². The van der Waals surface area contributed by atoms with Gasteiger partial charge in [-0.2, -0.15) is 0 Å². The van der Waals surface area contributed by atoms with E-state index in [2.05, 4.69) is 33.3 Å². The summed E-state index contributed by atoms with van der Waals surface area (Å²) in [5.41, 5.74) is 8.20. The van der Waals surface area contributed by atoms with E-state index in [4.69, 9.17) is 35.5 Å². The van der Waals surface area contributed by atoms with Gasteiger partial charge in [0.25, 0.3) is 0 Å². The third kappa shape index (κ3) is 12.1. The lowest BCUT2D eigenvalue weighted by Crippen LogP contribution is -2.55. The number of carbonyl (C=O) groups is 2. The van der Waals surface area contributed by atoms with Gasteiger partial charge in [-0.15, -0.1) is 11.6 Å². The zero-order chi connectivity index (χ0) is 36.9. The van der Waals surface area contributed by atoms with Gasteiger partial charge in [-0.3, -0.25) is 19.5 Å². The van der Waals surface area contributed by atoms with E-state index in [0.717, 1.165) is 64.2 Å². The zero-order valence-electron chi connectivity index (χ0n) is 31.3. The molecular weight excluding hydrogens is 691 g/mol. The SMILES string of the molecule is CCNC(=O)C[C@@H]1N=C(C2CCC(Cl)CC2)C2CC(OCCOCCOCCOCCNC(=O)C3CCCC(B(O)O)C3)CCC2N2C(C)NNC12. The van der Waals surface area contributed by atoms with Crippen LogP contribution >= 0.6 is 11.6 Å². The number of nitrogens with one attached hydrogen (secondary N) is 4. The van der Waals surface area contributed by atoms with Crippen molar-refractivity contribution in [3.05, 3.63) is 0 Å². The minimum Gasteiger partial charge on any atom is -0.427 e. The summed E-state index contributed by atoms with van der Waals surface area (Å²) < 4.78 is 23.4. The molecule has 5 aliphatic rings. The molecule has 5 rings (SSSR count). The molecule has 0 aromatic heterocycles. The first-order valence-electron chi connectivity index (χ1n) is 20.0. The molecule has 2 aliphatic heterocycles. The number of rotatable bonds is 19. The Bertz CT molecular complexity index is 1140. The van der Waals surface area contributed by atoms with E-state index in [9.17, 15) is 19.6 Å². The van der Waals surface area contributed by atoms with E-state index in [1.165, 1.54) is 5.71 Å². The summed E-state index contributed by atoms with van der Waals surface area (Å²) in [6, 6.07) is 0.154. The Labute approximate surface area is 315 Å². The van der Waals surface area contributed by atoms with Gasteiger partial charge in [-0.05, 0) is 83.4 Å². The Morgan fingerprint density at radius 3 is 2.33 bits per heavy atom. The standard InChI is InChI=1S/C36H64BClN6O8/c1-3-39-33(45)23-31-35-43-42-24(2)44(35)32-12-11-29(22-30(32)34(41-31)25-7-9-28(38)10-8-25)52-20-19-51-18-17-50-16-15-49-14-13-40-36(46)26-5-4-6-27(21-26)37(47)48/h24-32,35,42-43,47-48H,3-23H2,1-2H3,(H,39,45)(H,40,46)/t24?,25?,26?,27?,28?,29?,30?,31-,32?,35?/m0/s1. The summed E-state index contributed by atoms with van der Waals surface area (Å²) in [6.45, 7) is 8.40. The van der Waals surface area contributed by atoms with Gasteiger partial charge in [0.1, 0.15) is 0 Å². The Hall–Kier alpha value is -1.40. The van der Waals surface area contributed by atoms with E-state index in [1.807, 2.05) is 6.92 Å². The number of hydrogen-bond acceptors (Lipinski definition) is 12. The number of halogens is 1. The van der Waals surface area contributed by atoms with Crippen molar-refractivity contribution in [2.24, 2.45) is 22.7 Å². The maximum absolute atomic E-state index is 12.8. The van der Waals surface area contributed by atoms with Crippen molar-refractivity contribution in [2.75, 3.05) is 59.3 Å². The highest BCUT2D eigenvalue weighted by Gasteiger charge is 2.50. The maximum Gasteiger partial charge on any atom is 0.454 e. The maximum atomic E-state index is 12.8. The Morgan fingerprint density at radius 1 is 0.904 bits per heavy atom. The molecule has 4 fully saturated rings. The van der Waals surface area contributed by atoms with Crippen LogP contribution in [0.5, 0.6) is 0 Å². The first kappa shape index (κ1) is 41.8. The molecule has 14 nitrogen and oxygen atoms in total. The molecule has 52 heavy (non-hydrogen) atoms. The fourth-order valence-electron chi connectivity index (χ4n) is 9.00. The van der Waals surface area contributed by atoms with Crippen LogP contribution in [0.15, 0.2) is 4.99 Å². The molecule has 1 saturated heterocycles. The molecule has 6 N–H and O–H groups in total. The summed E-state index contributed by atoms with van der Waals surface area (Å²) in [4.78, 5) is 33.2. The van der Waals surface area contributed by atoms with Crippen LogP contribution in [-0.2, 0) is 28.5 Å². The topological polar surface area (TPSA) is 175 Å². The molecule has 0 bridgehead atoms. The van der Waals surface area contributed by atoms with E-state index in [-0.39, 0.29) is 59.3 Å². The number of amides is 2. The van der Waals surface area contributed by atoms with Crippen LogP contribution in [0.2, 0.25) is 5.82 Å². The highest BCUT2D eigenvalue weighted by Crippen LogP contribution is 2.42. The number of ether oxygens (including phenoxy) is 4. The lowest BCUT2D eigenvalue weighted by molar-refractivity contribution is -0.126.